The molecule has 0 bridgehead atoms. The minimum absolute atomic E-state index is 0.243. The Morgan fingerprint density at radius 2 is 1.60 bits per heavy atom. The van der Waals surface area contributed by atoms with E-state index in [1.165, 1.54) is 11.3 Å². The highest BCUT2D eigenvalue weighted by Crippen LogP contribution is 2.31. The fourth-order valence-corrected chi connectivity index (χ4v) is 3.39. The summed E-state index contributed by atoms with van der Waals surface area (Å²) in [6.07, 6.45) is 0. The van der Waals surface area contributed by atoms with Crippen LogP contribution < -0.4 is 10.6 Å². The van der Waals surface area contributed by atoms with Gasteiger partial charge >= 0.3 is 6.03 Å². The number of nitrogens with one attached hydrogen (secondary N) is 2. The van der Waals surface area contributed by atoms with E-state index in [0.717, 1.165) is 10.4 Å². The molecule has 3 amide bonds. The Labute approximate surface area is 158 Å². The number of carbonyl (C=O) groups is 2. The first-order valence-corrected chi connectivity index (χ1v) is 8.83. The van der Waals surface area contributed by atoms with Gasteiger partial charge in [-0.05, 0) is 42.0 Å². The number of imide groups is 1. The predicted octanol–water partition coefficient (Wildman–Crippen LogP) is 5.68. The van der Waals surface area contributed by atoms with E-state index in [4.69, 9.17) is 23.2 Å². The average molecular weight is 391 g/mol. The molecule has 1 heterocycles. The summed E-state index contributed by atoms with van der Waals surface area (Å²) in [5.74, 6) is -0.558. The number of anilines is 1. The molecular weight excluding hydrogens is 379 g/mol. The minimum atomic E-state index is -0.616. The van der Waals surface area contributed by atoms with E-state index in [0.29, 0.717) is 10.0 Å². The number of thiophene rings is 1. The summed E-state index contributed by atoms with van der Waals surface area (Å²) >= 11 is 13.2. The van der Waals surface area contributed by atoms with Crippen molar-refractivity contribution in [3.8, 4) is 10.4 Å². The molecule has 0 spiro atoms. The normalized spacial score (nSPS) is 10.3. The topological polar surface area (TPSA) is 58.2 Å². The van der Waals surface area contributed by atoms with Crippen molar-refractivity contribution in [1.82, 2.24) is 5.32 Å². The lowest BCUT2D eigenvalue weighted by Crippen LogP contribution is -2.34. The van der Waals surface area contributed by atoms with E-state index >= 15 is 0 Å². The second kappa shape index (κ2) is 7.70. The highest BCUT2D eigenvalue weighted by molar-refractivity contribution is 7.19. The maximum absolute atomic E-state index is 12.1. The van der Waals surface area contributed by atoms with E-state index in [1.807, 2.05) is 18.2 Å². The molecule has 3 rings (SSSR count). The van der Waals surface area contributed by atoms with E-state index in [-0.39, 0.29) is 10.6 Å². The third-order valence-electron chi connectivity index (χ3n) is 3.32. The largest absolute Gasteiger partial charge is 0.326 e. The number of hydrogen-bond acceptors (Lipinski definition) is 3. The number of benzene rings is 2. The van der Waals surface area contributed by atoms with Crippen LogP contribution in [0.3, 0.4) is 0 Å². The van der Waals surface area contributed by atoms with Crippen LogP contribution in [0.15, 0.2) is 60.7 Å². The standard InChI is InChI=1S/C18H12Cl2N2O2S/c19-12-7-5-11(6-8-12)15-9-10-16(25-15)21-18(24)22-17(23)13-3-1-2-4-14(13)20/h1-10H,(H2,21,22,23,24). The summed E-state index contributed by atoms with van der Waals surface area (Å²) < 4.78 is 0. The monoisotopic (exact) mass is 390 g/mol. The summed E-state index contributed by atoms with van der Waals surface area (Å²) in [6, 6.07) is 17.0. The van der Waals surface area contributed by atoms with E-state index in [9.17, 15) is 9.59 Å². The van der Waals surface area contributed by atoms with Crippen molar-refractivity contribution in [3.63, 3.8) is 0 Å². The van der Waals surface area contributed by atoms with Crippen LogP contribution in [0.4, 0.5) is 9.80 Å². The van der Waals surface area contributed by atoms with Crippen LogP contribution in [0.2, 0.25) is 10.0 Å². The van der Waals surface area contributed by atoms with Crippen molar-refractivity contribution in [2.45, 2.75) is 0 Å². The minimum Gasteiger partial charge on any atom is -0.299 e. The SMILES string of the molecule is O=C(NC(=O)c1ccccc1Cl)Nc1ccc(-c2ccc(Cl)cc2)s1. The van der Waals surface area contributed by atoms with Gasteiger partial charge in [0.2, 0.25) is 0 Å². The van der Waals surface area contributed by atoms with Gasteiger partial charge in [0.25, 0.3) is 5.91 Å². The summed E-state index contributed by atoms with van der Waals surface area (Å²) in [7, 11) is 0. The lowest BCUT2D eigenvalue weighted by molar-refractivity contribution is 0.0967. The Morgan fingerprint density at radius 3 is 2.32 bits per heavy atom. The molecule has 3 aromatic rings. The first-order chi connectivity index (χ1) is 12.0. The van der Waals surface area contributed by atoms with Crippen LogP contribution >= 0.6 is 34.5 Å². The number of rotatable bonds is 3. The zero-order chi connectivity index (χ0) is 17.8. The smallest absolute Gasteiger partial charge is 0.299 e. The lowest BCUT2D eigenvalue weighted by atomic mass is 10.2. The van der Waals surface area contributed by atoms with Crippen LogP contribution in [0, 0.1) is 0 Å². The van der Waals surface area contributed by atoms with Crippen LogP contribution in [0.5, 0.6) is 0 Å². The van der Waals surface area contributed by atoms with Crippen LogP contribution in [0.1, 0.15) is 10.4 Å². The molecule has 0 aliphatic heterocycles. The molecule has 0 atom stereocenters. The Kier molecular flexibility index (Phi) is 5.38. The van der Waals surface area contributed by atoms with E-state index in [1.54, 1.807) is 42.5 Å². The Balaban J connectivity index is 1.65. The molecule has 0 unspecified atom stereocenters. The van der Waals surface area contributed by atoms with Gasteiger partial charge in [0.15, 0.2) is 0 Å². The van der Waals surface area contributed by atoms with Gasteiger partial charge in [-0.1, -0.05) is 47.5 Å². The lowest BCUT2D eigenvalue weighted by Gasteiger charge is -2.06. The second-order valence-corrected chi connectivity index (χ2v) is 6.99. The molecule has 2 N–H and O–H groups in total. The van der Waals surface area contributed by atoms with Crippen molar-refractivity contribution in [1.29, 1.82) is 0 Å². The van der Waals surface area contributed by atoms with Gasteiger partial charge < -0.3 is 0 Å². The molecule has 0 aliphatic rings. The highest BCUT2D eigenvalue weighted by Gasteiger charge is 2.14. The van der Waals surface area contributed by atoms with Gasteiger partial charge in [0.05, 0.1) is 15.6 Å². The fraction of sp³-hybridized carbons (Fsp3) is 0. The number of halogens is 2. The van der Waals surface area contributed by atoms with Gasteiger partial charge in [0.1, 0.15) is 0 Å². The van der Waals surface area contributed by atoms with Crippen LogP contribution in [-0.2, 0) is 0 Å². The molecule has 0 saturated heterocycles. The van der Waals surface area contributed by atoms with Gasteiger partial charge in [-0.3, -0.25) is 15.4 Å². The van der Waals surface area contributed by atoms with Crippen LogP contribution in [-0.4, -0.2) is 11.9 Å². The van der Waals surface area contributed by atoms with Crippen molar-refractivity contribution in [2.75, 3.05) is 5.32 Å². The third kappa shape index (κ3) is 4.39. The molecule has 0 aliphatic carbocycles. The van der Waals surface area contributed by atoms with Crippen LogP contribution in [0.25, 0.3) is 10.4 Å². The summed E-state index contributed by atoms with van der Waals surface area (Å²) in [5.41, 5.74) is 1.24. The Hall–Kier alpha value is -2.34. The van der Waals surface area contributed by atoms with Crippen molar-refractivity contribution in [2.24, 2.45) is 0 Å². The van der Waals surface area contributed by atoms with E-state index in [2.05, 4.69) is 10.6 Å². The summed E-state index contributed by atoms with van der Waals surface area (Å²) in [5, 5.41) is 6.47. The van der Waals surface area contributed by atoms with Crippen molar-refractivity contribution >= 4 is 51.5 Å². The molecule has 126 valence electrons. The maximum atomic E-state index is 12.1. The first kappa shape index (κ1) is 17.5. The zero-order valence-corrected chi connectivity index (χ0v) is 15.1. The number of amides is 3. The number of carbonyl (C=O) groups excluding carboxylic acids is 2. The maximum Gasteiger partial charge on any atom is 0.326 e. The highest BCUT2D eigenvalue weighted by atomic mass is 35.5. The van der Waals surface area contributed by atoms with Crippen molar-refractivity contribution < 1.29 is 9.59 Å². The van der Waals surface area contributed by atoms with Gasteiger partial charge in [-0.25, -0.2) is 4.79 Å². The fourth-order valence-electron chi connectivity index (χ4n) is 2.13. The predicted molar refractivity (Wildman–Crippen MR) is 103 cm³/mol. The summed E-state index contributed by atoms with van der Waals surface area (Å²) in [6.45, 7) is 0. The van der Waals surface area contributed by atoms with Gasteiger partial charge in [-0.2, -0.15) is 0 Å². The molecule has 25 heavy (non-hydrogen) atoms. The number of urea groups is 1. The van der Waals surface area contributed by atoms with Crippen molar-refractivity contribution in [3.05, 3.63) is 76.3 Å². The number of hydrogen-bond donors (Lipinski definition) is 2. The Bertz CT molecular complexity index is 923. The summed E-state index contributed by atoms with van der Waals surface area (Å²) in [4.78, 5) is 25.0. The third-order valence-corrected chi connectivity index (χ3v) is 4.95. The Morgan fingerprint density at radius 1 is 0.880 bits per heavy atom. The molecular formula is C18H12Cl2N2O2S. The van der Waals surface area contributed by atoms with Gasteiger partial charge in [0, 0.05) is 9.90 Å². The van der Waals surface area contributed by atoms with Gasteiger partial charge in [-0.15, -0.1) is 11.3 Å². The molecule has 4 nitrogen and oxygen atoms in total. The molecule has 0 radical (unpaired) electrons. The van der Waals surface area contributed by atoms with E-state index < -0.39 is 11.9 Å². The molecule has 7 heteroatoms. The first-order valence-electron chi connectivity index (χ1n) is 7.25. The average Bonchev–Trinajstić information content (AvgIpc) is 3.04. The molecule has 0 saturated carbocycles. The quantitative estimate of drug-likeness (QED) is 0.603. The molecule has 0 fully saturated rings. The second-order valence-electron chi connectivity index (χ2n) is 5.06. The zero-order valence-electron chi connectivity index (χ0n) is 12.8. The molecule has 2 aromatic carbocycles. The molecule has 1 aromatic heterocycles.